The summed E-state index contributed by atoms with van der Waals surface area (Å²) in [5.74, 6) is 0.493. The number of benzene rings is 1. The number of amides is 2. The summed E-state index contributed by atoms with van der Waals surface area (Å²) >= 11 is 6.87. The van der Waals surface area contributed by atoms with E-state index in [1.807, 2.05) is 40.1 Å². The van der Waals surface area contributed by atoms with Crippen molar-refractivity contribution in [2.75, 3.05) is 25.4 Å². The molecule has 0 aromatic heterocycles. The van der Waals surface area contributed by atoms with Gasteiger partial charge in [0.1, 0.15) is 5.60 Å². The first-order valence-corrected chi connectivity index (χ1v) is 12.0. The number of hydrogen-bond donors (Lipinski definition) is 0. The van der Waals surface area contributed by atoms with Gasteiger partial charge in [-0.1, -0.05) is 49.0 Å². The fourth-order valence-corrected chi connectivity index (χ4v) is 5.74. The molecule has 2 amide bonds. The minimum atomic E-state index is -0.244. The number of nitrogens with zero attached hydrogens (tertiary/aromatic N) is 2. The van der Waals surface area contributed by atoms with Crippen molar-refractivity contribution >= 4 is 40.2 Å². The number of thioether (sulfide) groups is 1. The maximum Gasteiger partial charge on any atom is 0.410 e. The molecule has 4 rings (SSSR count). The van der Waals surface area contributed by atoms with E-state index >= 15 is 0 Å². The Morgan fingerprint density at radius 3 is 2.52 bits per heavy atom. The smallest absolute Gasteiger partial charge is 0.410 e. The maximum atomic E-state index is 12.6. The molecule has 1 spiro atoms. The molecule has 5 nitrogen and oxygen atoms in total. The Bertz CT molecular complexity index is 757. The first kappa shape index (κ1) is 20.7. The predicted octanol–water partition coefficient (Wildman–Crippen LogP) is 4.24. The quantitative estimate of drug-likeness (QED) is 0.666. The number of carbonyl (C=O) groups is 2. The van der Waals surface area contributed by atoms with E-state index in [9.17, 15) is 9.59 Å². The second-order valence-corrected chi connectivity index (χ2v) is 9.95. The number of likely N-dealkylation sites (tertiary alicyclic amines) is 1. The van der Waals surface area contributed by atoms with Crippen LogP contribution >= 0.6 is 24.0 Å². The summed E-state index contributed by atoms with van der Waals surface area (Å²) in [6.45, 7) is 2.11. The molecule has 1 aromatic rings. The Labute approximate surface area is 182 Å². The van der Waals surface area contributed by atoms with Gasteiger partial charge in [-0.25, -0.2) is 4.79 Å². The molecule has 7 heteroatoms. The van der Waals surface area contributed by atoms with Crippen molar-refractivity contribution in [1.82, 2.24) is 9.80 Å². The van der Waals surface area contributed by atoms with Crippen molar-refractivity contribution in [3.8, 4) is 0 Å². The van der Waals surface area contributed by atoms with Crippen LogP contribution in [0.25, 0.3) is 0 Å². The van der Waals surface area contributed by atoms with Crippen LogP contribution in [0.15, 0.2) is 30.3 Å². The largest absolute Gasteiger partial charge is 0.441 e. The summed E-state index contributed by atoms with van der Waals surface area (Å²) < 4.78 is 6.58. The molecule has 3 aliphatic rings. The van der Waals surface area contributed by atoms with Gasteiger partial charge in [0.15, 0.2) is 0 Å². The minimum Gasteiger partial charge on any atom is -0.441 e. The van der Waals surface area contributed by atoms with Crippen LogP contribution in [0.1, 0.15) is 50.5 Å². The van der Waals surface area contributed by atoms with E-state index < -0.39 is 0 Å². The van der Waals surface area contributed by atoms with Gasteiger partial charge in [0.25, 0.3) is 0 Å². The van der Waals surface area contributed by atoms with Crippen LogP contribution < -0.4 is 0 Å². The van der Waals surface area contributed by atoms with Crippen molar-refractivity contribution < 1.29 is 14.3 Å². The number of carbonyl (C=O) groups excluding carboxylic acids is 2. The van der Waals surface area contributed by atoms with E-state index in [2.05, 4.69) is 0 Å². The third-order valence-corrected chi connectivity index (χ3v) is 7.83. The Kier molecular flexibility index (Phi) is 6.44. The highest BCUT2D eigenvalue weighted by Crippen LogP contribution is 2.38. The molecule has 0 N–H and O–H groups in total. The molecule has 3 fully saturated rings. The van der Waals surface area contributed by atoms with Gasteiger partial charge in [-0.15, -0.1) is 11.8 Å². The average Bonchev–Trinajstić information content (AvgIpc) is 3.08. The van der Waals surface area contributed by atoms with Crippen molar-refractivity contribution in [3.05, 3.63) is 35.9 Å². The zero-order chi connectivity index (χ0) is 20.3. The van der Waals surface area contributed by atoms with Crippen molar-refractivity contribution in [3.63, 3.8) is 0 Å². The first-order chi connectivity index (χ1) is 14.1. The molecule has 29 heavy (non-hydrogen) atoms. The molecular formula is C22H28N2O3S2. The summed E-state index contributed by atoms with van der Waals surface area (Å²) in [4.78, 5) is 28.9. The van der Waals surface area contributed by atoms with E-state index in [1.165, 1.54) is 18.2 Å². The van der Waals surface area contributed by atoms with Crippen LogP contribution in [0.3, 0.4) is 0 Å². The van der Waals surface area contributed by atoms with Crippen LogP contribution in [0.5, 0.6) is 0 Å². The molecule has 156 valence electrons. The SMILES string of the molecule is O=C(CSC(=S)c1ccccc1)N1CCC(N2CC3(CCCCC3)OC2=O)CC1. The van der Waals surface area contributed by atoms with Crippen molar-refractivity contribution in [1.29, 1.82) is 0 Å². The highest BCUT2D eigenvalue weighted by molar-refractivity contribution is 8.24. The average molecular weight is 433 g/mol. The standard InChI is InChI=1S/C22H28N2O3S2/c25-19(15-29-20(28)17-7-3-1-4-8-17)23-13-9-18(10-14-23)24-16-22(27-21(24)26)11-5-2-6-12-22/h1,3-4,7-8,18H,2,5-6,9-16H2. The Morgan fingerprint density at radius 1 is 1.14 bits per heavy atom. The molecule has 2 saturated heterocycles. The number of piperidine rings is 1. The van der Waals surface area contributed by atoms with Gasteiger partial charge < -0.3 is 14.5 Å². The summed E-state index contributed by atoms with van der Waals surface area (Å²) in [5, 5.41) is 0. The van der Waals surface area contributed by atoms with Crippen LogP contribution in [0.4, 0.5) is 4.79 Å². The lowest BCUT2D eigenvalue weighted by molar-refractivity contribution is -0.129. The Morgan fingerprint density at radius 2 is 1.83 bits per heavy atom. The second-order valence-electron chi connectivity index (χ2n) is 8.29. The molecule has 1 aromatic carbocycles. The molecule has 2 aliphatic heterocycles. The summed E-state index contributed by atoms with van der Waals surface area (Å²) in [7, 11) is 0. The normalized spacial score (nSPS) is 22.0. The first-order valence-electron chi connectivity index (χ1n) is 10.6. The second kappa shape index (κ2) is 9.04. The minimum absolute atomic E-state index is 0.125. The number of thiocarbonyl (C=S) groups is 1. The molecule has 0 unspecified atom stereocenters. The van der Waals surface area contributed by atoms with Gasteiger partial charge in [0.05, 0.1) is 16.5 Å². The van der Waals surface area contributed by atoms with Gasteiger partial charge in [0.2, 0.25) is 5.91 Å². The number of hydrogen-bond acceptors (Lipinski definition) is 5. The molecule has 0 atom stereocenters. The van der Waals surface area contributed by atoms with Crippen LogP contribution in [0.2, 0.25) is 0 Å². The van der Waals surface area contributed by atoms with Gasteiger partial charge >= 0.3 is 6.09 Å². The molecule has 2 heterocycles. The van der Waals surface area contributed by atoms with Gasteiger partial charge in [-0.2, -0.15) is 0 Å². The van der Waals surface area contributed by atoms with Gasteiger partial charge in [0, 0.05) is 19.1 Å². The van der Waals surface area contributed by atoms with Crippen molar-refractivity contribution in [2.45, 2.75) is 56.6 Å². The lowest BCUT2D eigenvalue weighted by Crippen LogP contribution is -2.48. The number of rotatable bonds is 4. The zero-order valence-electron chi connectivity index (χ0n) is 16.7. The van der Waals surface area contributed by atoms with Gasteiger partial charge in [-0.3, -0.25) is 4.79 Å². The highest BCUT2D eigenvalue weighted by Gasteiger charge is 2.48. The predicted molar refractivity (Wildman–Crippen MR) is 119 cm³/mol. The lowest BCUT2D eigenvalue weighted by atomic mass is 9.84. The van der Waals surface area contributed by atoms with Crippen LogP contribution in [0, 0.1) is 0 Å². The van der Waals surface area contributed by atoms with Gasteiger partial charge in [-0.05, 0) is 44.1 Å². The lowest BCUT2D eigenvalue weighted by Gasteiger charge is -2.36. The zero-order valence-corrected chi connectivity index (χ0v) is 18.3. The van der Waals surface area contributed by atoms with Crippen LogP contribution in [-0.4, -0.2) is 63.0 Å². The Balaban J connectivity index is 1.24. The van der Waals surface area contributed by atoms with E-state index in [0.29, 0.717) is 18.8 Å². The third kappa shape index (κ3) is 4.77. The fourth-order valence-electron chi connectivity index (χ4n) is 4.69. The van der Waals surface area contributed by atoms with Crippen molar-refractivity contribution in [2.24, 2.45) is 0 Å². The fraction of sp³-hybridized carbons (Fsp3) is 0.591. The Hall–Kier alpha value is -1.60. The molecule has 0 radical (unpaired) electrons. The van der Waals surface area contributed by atoms with E-state index in [-0.39, 0.29) is 23.6 Å². The molecule has 1 saturated carbocycles. The molecule has 0 bridgehead atoms. The molecular weight excluding hydrogens is 404 g/mol. The summed E-state index contributed by atoms with van der Waals surface area (Å²) in [6, 6.07) is 9.99. The van der Waals surface area contributed by atoms with E-state index in [1.54, 1.807) is 0 Å². The summed E-state index contributed by atoms with van der Waals surface area (Å²) in [6.07, 6.45) is 7.02. The molecule has 1 aliphatic carbocycles. The monoisotopic (exact) mass is 432 g/mol. The number of ether oxygens (including phenoxy) is 1. The highest BCUT2D eigenvalue weighted by atomic mass is 32.2. The third-order valence-electron chi connectivity index (χ3n) is 6.36. The maximum absolute atomic E-state index is 12.6. The summed E-state index contributed by atoms with van der Waals surface area (Å²) in [5.41, 5.74) is 0.745. The van der Waals surface area contributed by atoms with E-state index in [0.717, 1.165) is 54.8 Å². The van der Waals surface area contributed by atoms with Crippen LogP contribution in [-0.2, 0) is 9.53 Å². The topological polar surface area (TPSA) is 49.9 Å². The van der Waals surface area contributed by atoms with E-state index in [4.69, 9.17) is 17.0 Å².